The molecule has 0 bridgehead atoms. The van der Waals surface area contributed by atoms with Gasteiger partial charge >= 0.3 is 0 Å². The van der Waals surface area contributed by atoms with Gasteiger partial charge in [-0.05, 0) is 38.3 Å². The first-order valence-electron chi connectivity index (χ1n) is 9.45. The predicted octanol–water partition coefficient (Wildman–Crippen LogP) is 2.94. The predicted molar refractivity (Wildman–Crippen MR) is 104 cm³/mol. The minimum atomic E-state index is 0.00851. The van der Waals surface area contributed by atoms with Crippen molar-refractivity contribution in [3.63, 3.8) is 0 Å². The lowest BCUT2D eigenvalue weighted by atomic mass is 9.97. The van der Waals surface area contributed by atoms with Crippen molar-refractivity contribution >= 4 is 22.9 Å². The smallest absolute Gasteiger partial charge is 0.224 e. The van der Waals surface area contributed by atoms with E-state index in [0.29, 0.717) is 13.2 Å². The van der Waals surface area contributed by atoms with Crippen molar-refractivity contribution in [2.75, 3.05) is 31.1 Å². The third-order valence-electron chi connectivity index (χ3n) is 4.88. The van der Waals surface area contributed by atoms with E-state index in [9.17, 15) is 4.79 Å². The lowest BCUT2D eigenvalue weighted by Gasteiger charge is -2.33. The molecule has 26 heavy (non-hydrogen) atoms. The van der Waals surface area contributed by atoms with E-state index in [2.05, 4.69) is 34.4 Å². The number of hydrogen-bond donors (Lipinski definition) is 1. The second kappa shape index (κ2) is 8.74. The fourth-order valence-corrected chi connectivity index (χ4v) is 3.58. The fourth-order valence-electron chi connectivity index (χ4n) is 3.58. The van der Waals surface area contributed by atoms with Crippen LogP contribution in [0.4, 0.5) is 5.95 Å². The Kier molecular flexibility index (Phi) is 6.15. The number of benzene rings is 1. The zero-order valence-corrected chi connectivity index (χ0v) is 15.5. The number of ether oxygens (including phenoxy) is 1. The number of aryl methyl sites for hydroxylation is 1. The molecule has 3 rings (SSSR count). The molecule has 6 nitrogen and oxygen atoms in total. The molecule has 1 aromatic heterocycles. The Balaban J connectivity index is 1.65. The van der Waals surface area contributed by atoms with E-state index in [0.717, 1.165) is 55.9 Å². The summed E-state index contributed by atoms with van der Waals surface area (Å²) < 4.78 is 7.32. The van der Waals surface area contributed by atoms with E-state index in [-0.39, 0.29) is 11.8 Å². The lowest BCUT2D eigenvalue weighted by Crippen LogP contribution is -2.44. The molecule has 6 heteroatoms. The van der Waals surface area contributed by atoms with Crippen LogP contribution in [0.1, 0.15) is 26.2 Å². The second-order valence-electron chi connectivity index (χ2n) is 6.61. The van der Waals surface area contributed by atoms with Crippen molar-refractivity contribution in [3.8, 4) is 0 Å². The molecule has 1 unspecified atom stereocenters. The van der Waals surface area contributed by atoms with Crippen molar-refractivity contribution in [1.29, 1.82) is 0 Å². The number of carbonyl (C=O) groups excluding carboxylic acids is 1. The maximum atomic E-state index is 12.5. The van der Waals surface area contributed by atoms with Crippen LogP contribution < -0.4 is 10.2 Å². The van der Waals surface area contributed by atoms with Gasteiger partial charge in [0.1, 0.15) is 0 Å². The molecule has 140 valence electrons. The summed E-state index contributed by atoms with van der Waals surface area (Å²) in [5.41, 5.74) is 2.16. The summed E-state index contributed by atoms with van der Waals surface area (Å²) in [6, 6.07) is 8.21. The SMILES string of the molecule is C=COCCCNC(=O)C1CCCN(c2nc3ccccc3n2CC)C1. The van der Waals surface area contributed by atoms with Crippen molar-refractivity contribution in [3.05, 3.63) is 37.1 Å². The highest BCUT2D eigenvalue weighted by molar-refractivity contribution is 5.81. The number of nitrogens with zero attached hydrogens (tertiary/aromatic N) is 3. The van der Waals surface area contributed by atoms with Crippen molar-refractivity contribution < 1.29 is 9.53 Å². The van der Waals surface area contributed by atoms with Gasteiger partial charge in [-0.3, -0.25) is 4.79 Å². The number of aromatic nitrogens is 2. The molecule has 1 aliphatic rings. The molecule has 2 heterocycles. The Bertz CT molecular complexity index is 755. The van der Waals surface area contributed by atoms with Gasteiger partial charge in [0.15, 0.2) is 0 Å². The van der Waals surface area contributed by atoms with E-state index in [1.165, 1.54) is 6.26 Å². The molecule has 0 aliphatic carbocycles. The highest BCUT2D eigenvalue weighted by Crippen LogP contribution is 2.27. The average Bonchev–Trinajstić information content (AvgIpc) is 3.06. The number of amides is 1. The highest BCUT2D eigenvalue weighted by atomic mass is 16.5. The summed E-state index contributed by atoms with van der Waals surface area (Å²) in [5.74, 6) is 1.12. The maximum absolute atomic E-state index is 12.5. The Labute approximate surface area is 154 Å². The first-order chi connectivity index (χ1) is 12.7. The number of hydrogen-bond acceptors (Lipinski definition) is 4. The molecule has 1 amide bonds. The average molecular weight is 356 g/mol. The van der Waals surface area contributed by atoms with Crippen LogP contribution >= 0.6 is 0 Å². The zero-order valence-electron chi connectivity index (χ0n) is 15.5. The topological polar surface area (TPSA) is 59.4 Å². The van der Waals surface area contributed by atoms with Gasteiger partial charge in [0.2, 0.25) is 11.9 Å². The molecular weight excluding hydrogens is 328 g/mol. The lowest BCUT2D eigenvalue weighted by molar-refractivity contribution is -0.125. The van der Waals surface area contributed by atoms with Gasteiger partial charge in [-0.15, -0.1) is 0 Å². The van der Waals surface area contributed by atoms with Crippen LogP contribution in [0.5, 0.6) is 0 Å². The maximum Gasteiger partial charge on any atom is 0.224 e. The Morgan fingerprint density at radius 2 is 2.31 bits per heavy atom. The molecule has 2 aromatic rings. The van der Waals surface area contributed by atoms with Crippen LogP contribution in [0.3, 0.4) is 0 Å². The van der Waals surface area contributed by atoms with Crippen LogP contribution in [0, 0.1) is 5.92 Å². The number of piperidine rings is 1. The summed E-state index contributed by atoms with van der Waals surface area (Å²) in [7, 11) is 0. The monoisotopic (exact) mass is 356 g/mol. The first kappa shape index (κ1) is 18.3. The van der Waals surface area contributed by atoms with Gasteiger partial charge in [0.05, 0.1) is 29.8 Å². The molecule has 1 atom stereocenters. The number of anilines is 1. The van der Waals surface area contributed by atoms with Crippen LogP contribution in [0.15, 0.2) is 37.1 Å². The Morgan fingerprint density at radius 1 is 1.46 bits per heavy atom. The zero-order chi connectivity index (χ0) is 18.4. The largest absolute Gasteiger partial charge is 0.502 e. The second-order valence-corrected chi connectivity index (χ2v) is 6.61. The van der Waals surface area contributed by atoms with Crippen LogP contribution in [-0.2, 0) is 16.1 Å². The Hall–Kier alpha value is -2.50. The quantitative estimate of drug-likeness (QED) is 0.584. The number of fused-ring (bicyclic) bond motifs is 1. The van der Waals surface area contributed by atoms with Crippen molar-refractivity contribution in [2.24, 2.45) is 5.92 Å². The highest BCUT2D eigenvalue weighted by Gasteiger charge is 2.28. The number of nitrogens with one attached hydrogen (secondary N) is 1. The van der Waals surface area contributed by atoms with Crippen LogP contribution in [0.25, 0.3) is 11.0 Å². The van der Waals surface area contributed by atoms with Gasteiger partial charge in [0.25, 0.3) is 0 Å². The minimum Gasteiger partial charge on any atom is -0.502 e. The number of rotatable bonds is 8. The van der Waals surface area contributed by atoms with Gasteiger partial charge in [-0.1, -0.05) is 18.7 Å². The molecule has 0 saturated carbocycles. The van der Waals surface area contributed by atoms with Gasteiger partial charge in [-0.2, -0.15) is 0 Å². The molecule has 1 aromatic carbocycles. The van der Waals surface area contributed by atoms with E-state index in [4.69, 9.17) is 9.72 Å². The summed E-state index contributed by atoms with van der Waals surface area (Å²) in [4.78, 5) is 19.6. The third-order valence-corrected chi connectivity index (χ3v) is 4.88. The summed E-state index contributed by atoms with van der Waals surface area (Å²) in [5, 5.41) is 3.03. The van der Waals surface area contributed by atoms with E-state index in [1.54, 1.807) is 0 Å². The summed E-state index contributed by atoms with van der Waals surface area (Å²) >= 11 is 0. The van der Waals surface area contributed by atoms with Gasteiger partial charge < -0.3 is 19.5 Å². The Morgan fingerprint density at radius 3 is 3.12 bits per heavy atom. The normalized spacial score (nSPS) is 17.3. The van der Waals surface area contributed by atoms with Gasteiger partial charge in [0, 0.05) is 26.2 Å². The fraction of sp³-hybridized carbons (Fsp3) is 0.500. The van der Waals surface area contributed by atoms with E-state index < -0.39 is 0 Å². The number of para-hydroxylation sites is 2. The van der Waals surface area contributed by atoms with E-state index >= 15 is 0 Å². The molecule has 1 N–H and O–H groups in total. The molecular formula is C20H28N4O2. The molecule has 1 aliphatic heterocycles. The number of carbonyl (C=O) groups is 1. The minimum absolute atomic E-state index is 0.00851. The standard InChI is InChI=1S/C20H28N4O2/c1-3-24-18-11-6-5-10-17(18)22-20(24)23-13-7-9-16(15-23)19(25)21-12-8-14-26-4-2/h4-6,10-11,16H,2-3,7-9,12-15H2,1H3,(H,21,25). The molecule has 0 spiro atoms. The third kappa shape index (κ3) is 4.00. The van der Waals surface area contributed by atoms with E-state index in [1.807, 2.05) is 18.2 Å². The summed E-state index contributed by atoms with van der Waals surface area (Å²) in [6.45, 7) is 9.40. The van der Waals surface area contributed by atoms with Crippen molar-refractivity contribution in [1.82, 2.24) is 14.9 Å². The molecule has 1 saturated heterocycles. The molecule has 0 radical (unpaired) electrons. The van der Waals surface area contributed by atoms with Crippen LogP contribution in [0.2, 0.25) is 0 Å². The van der Waals surface area contributed by atoms with Gasteiger partial charge in [-0.25, -0.2) is 4.98 Å². The molecule has 1 fully saturated rings. The van der Waals surface area contributed by atoms with Crippen LogP contribution in [-0.4, -0.2) is 41.7 Å². The first-order valence-corrected chi connectivity index (χ1v) is 9.45. The van der Waals surface area contributed by atoms with Crippen molar-refractivity contribution in [2.45, 2.75) is 32.7 Å². The summed E-state index contributed by atoms with van der Waals surface area (Å²) in [6.07, 6.45) is 4.16. The number of imidazole rings is 1.